The lowest BCUT2D eigenvalue weighted by molar-refractivity contribution is -0.141. The Morgan fingerprint density at radius 1 is 1.40 bits per heavy atom. The molecule has 88 valence electrons. The lowest BCUT2D eigenvalue weighted by Gasteiger charge is -2.09. The maximum atomic E-state index is 10.5. The lowest BCUT2D eigenvalue weighted by Crippen LogP contribution is -2.05. The molecule has 0 saturated carbocycles. The highest BCUT2D eigenvalue weighted by Gasteiger charge is 2.02. The summed E-state index contributed by atoms with van der Waals surface area (Å²) in [4.78, 5) is 10.5. The summed E-state index contributed by atoms with van der Waals surface area (Å²) in [6.07, 6.45) is 5.01. The second-order valence-electron chi connectivity index (χ2n) is 4.02. The van der Waals surface area contributed by atoms with Gasteiger partial charge in [-0.25, -0.2) is 0 Å². The number of carbonyl (C=O) groups excluding carboxylic acids is 1. The molecule has 0 rings (SSSR count). The summed E-state index contributed by atoms with van der Waals surface area (Å²) in [5.74, 6) is 0.338. The van der Waals surface area contributed by atoms with Crippen molar-refractivity contribution in [1.82, 2.24) is 0 Å². The number of aliphatic hydroxyl groups excluding tert-OH is 1. The topological polar surface area (TPSA) is 46.5 Å². The van der Waals surface area contributed by atoms with E-state index in [9.17, 15) is 4.79 Å². The third-order valence-corrected chi connectivity index (χ3v) is 2.32. The van der Waals surface area contributed by atoms with Crippen molar-refractivity contribution in [3.8, 4) is 0 Å². The van der Waals surface area contributed by atoms with Gasteiger partial charge in [0, 0.05) is 6.92 Å². The van der Waals surface area contributed by atoms with Gasteiger partial charge >= 0.3 is 5.97 Å². The van der Waals surface area contributed by atoms with Crippen molar-refractivity contribution >= 4 is 5.97 Å². The average molecular weight is 214 g/mol. The Hall–Kier alpha value is -0.830. The molecular formula is C12H22O3. The van der Waals surface area contributed by atoms with Crippen molar-refractivity contribution < 1.29 is 14.6 Å². The molecule has 3 heteroatoms. The molecule has 0 amide bonds. The Labute approximate surface area is 92.1 Å². The van der Waals surface area contributed by atoms with E-state index in [1.807, 2.05) is 6.92 Å². The van der Waals surface area contributed by atoms with E-state index in [0.717, 1.165) is 24.8 Å². The van der Waals surface area contributed by atoms with Gasteiger partial charge in [0.2, 0.25) is 0 Å². The molecule has 1 atom stereocenters. The summed E-state index contributed by atoms with van der Waals surface area (Å²) < 4.78 is 4.87. The molecule has 0 aromatic rings. The summed E-state index contributed by atoms with van der Waals surface area (Å²) in [6.45, 7) is 6.15. The maximum absolute atomic E-state index is 10.5. The second kappa shape index (κ2) is 8.48. The van der Waals surface area contributed by atoms with Crippen molar-refractivity contribution in [2.75, 3.05) is 13.2 Å². The van der Waals surface area contributed by atoms with E-state index in [-0.39, 0.29) is 12.6 Å². The van der Waals surface area contributed by atoms with Crippen molar-refractivity contribution in [2.24, 2.45) is 5.92 Å². The Morgan fingerprint density at radius 3 is 2.60 bits per heavy atom. The van der Waals surface area contributed by atoms with Gasteiger partial charge in [0.25, 0.3) is 0 Å². The quantitative estimate of drug-likeness (QED) is 0.522. The first kappa shape index (κ1) is 14.2. The largest absolute Gasteiger partial charge is 0.466 e. The molecule has 0 spiro atoms. The smallest absolute Gasteiger partial charge is 0.302 e. The van der Waals surface area contributed by atoms with Crippen LogP contribution in [-0.4, -0.2) is 24.3 Å². The first-order valence-corrected chi connectivity index (χ1v) is 5.46. The summed E-state index contributed by atoms with van der Waals surface area (Å²) in [5.41, 5.74) is 1.02. The first-order valence-electron chi connectivity index (χ1n) is 5.46. The Kier molecular flexibility index (Phi) is 8.01. The molecule has 3 nitrogen and oxygen atoms in total. The zero-order chi connectivity index (χ0) is 11.7. The van der Waals surface area contributed by atoms with Gasteiger partial charge in [-0.15, -0.1) is 0 Å². The Balaban J connectivity index is 3.49. The van der Waals surface area contributed by atoms with Crippen LogP contribution in [0.4, 0.5) is 0 Å². The zero-order valence-electron chi connectivity index (χ0n) is 9.95. The molecule has 0 aliphatic heterocycles. The van der Waals surface area contributed by atoms with E-state index in [0.29, 0.717) is 12.5 Å². The molecule has 15 heavy (non-hydrogen) atoms. The number of carbonyl (C=O) groups is 1. The fourth-order valence-corrected chi connectivity index (χ4v) is 1.23. The third-order valence-electron chi connectivity index (χ3n) is 2.32. The molecule has 0 aliphatic rings. The number of rotatable bonds is 7. The molecule has 0 unspecified atom stereocenters. The highest BCUT2D eigenvalue weighted by molar-refractivity contribution is 5.65. The molecule has 0 heterocycles. The summed E-state index contributed by atoms with van der Waals surface area (Å²) >= 11 is 0. The first-order chi connectivity index (χ1) is 7.06. The van der Waals surface area contributed by atoms with Gasteiger partial charge in [-0.3, -0.25) is 4.79 Å². The van der Waals surface area contributed by atoms with E-state index in [1.165, 1.54) is 6.92 Å². The normalized spacial score (nSPS) is 13.7. The van der Waals surface area contributed by atoms with Gasteiger partial charge in [0.1, 0.15) is 0 Å². The fourth-order valence-electron chi connectivity index (χ4n) is 1.23. The summed E-state index contributed by atoms with van der Waals surface area (Å²) in [5, 5.41) is 8.78. The Morgan fingerprint density at radius 2 is 2.07 bits per heavy atom. The number of aliphatic hydroxyl groups is 1. The third kappa shape index (κ3) is 9.47. The molecule has 0 saturated heterocycles. The van der Waals surface area contributed by atoms with Crippen LogP contribution < -0.4 is 0 Å². The van der Waals surface area contributed by atoms with E-state index >= 15 is 0 Å². The zero-order valence-corrected chi connectivity index (χ0v) is 9.95. The molecular weight excluding hydrogens is 192 g/mol. The van der Waals surface area contributed by atoms with Crippen LogP contribution in [-0.2, 0) is 9.53 Å². The van der Waals surface area contributed by atoms with Crippen molar-refractivity contribution in [1.29, 1.82) is 0 Å². The second-order valence-corrected chi connectivity index (χ2v) is 4.02. The number of hydrogen-bond donors (Lipinski definition) is 1. The Bertz CT molecular complexity index is 209. The molecule has 0 aliphatic carbocycles. The van der Waals surface area contributed by atoms with Crippen LogP contribution >= 0.6 is 0 Å². The standard InChI is InChI=1S/C12H22O3/c1-10(7-8-15-12(3)14)5-4-6-11(2)9-13/h6,10,13H,4-5,7-9H2,1-3H3/b11-6+/t10-/m0/s1. The van der Waals surface area contributed by atoms with E-state index < -0.39 is 0 Å². The fraction of sp³-hybridized carbons (Fsp3) is 0.750. The van der Waals surface area contributed by atoms with Crippen LogP contribution in [0.1, 0.15) is 40.0 Å². The lowest BCUT2D eigenvalue weighted by atomic mass is 10.0. The minimum atomic E-state index is -0.210. The number of ether oxygens (including phenoxy) is 1. The van der Waals surface area contributed by atoms with Crippen molar-refractivity contribution in [2.45, 2.75) is 40.0 Å². The maximum Gasteiger partial charge on any atom is 0.302 e. The van der Waals surface area contributed by atoms with Crippen LogP contribution in [0.2, 0.25) is 0 Å². The highest BCUT2D eigenvalue weighted by atomic mass is 16.5. The van der Waals surface area contributed by atoms with E-state index in [4.69, 9.17) is 9.84 Å². The van der Waals surface area contributed by atoms with Crippen LogP contribution in [0.15, 0.2) is 11.6 Å². The van der Waals surface area contributed by atoms with Crippen LogP contribution in [0, 0.1) is 5.92 Å². The predicted molar refractivity (Wildman–Crippen MR) is 60.5 cm³/mol. The molecule has 0 radical (unpaired) electrons. The van der Waals surface area contributed by atoms with Gasteiger partial charge < -0.3 is 9.84 Å². The highest BCUT2D eigenvalue weighted by Crippen LogP contribution is 2.11. The predicted octanol–water partition coefficient (Wildman–Crippen LogP) is 2.29. The molecule has 0 bridgehead atoms. The number of esters is 1. The van der Waals surface area contributed by atoms with Gasteiger partial charge in [0.15, 0.2) is 0 Å². The number of hydrogen-bond acceptors (Lipinski definition) is 3. The number of allylic oxidation sites excluding steroid dienone is 1. The average Bonchev–Trinajstić information content (AvgIpc) is 2.17. The van der Waals surface area contributed by atoms with Gasteiger partial charge in [-0.2, -0.15) is 0 Å². The van der Waals surface area contributed by atoms with Crippen molar-refractivity contribution in [3.05, 3.63) is 11.6 Å². The monoisotopic (exact) mass is 214 g/mol. The van der Waals surface area contributed by atoms with Crippen LogP contribution in [0.5, 0.6) is 0 Å². The molecule has 0 aromatic carbocycles. The SMILES string of the molecule is CC(=O)OCC[C@@H](C)CC/C=C(\C)CO. The molecule has 1 N–H and O–H groups in total. The molecule has 0 aromatic heterocycles. The summed E-state index contributed by atoms with van der Waals surface area (Å²) in [6, 6.07) is 0. The van der Waals surface area contributed by atoms with Gasteiger partial charge in [0.05, 0.1) is 13.2 Å². The van der Waals surface area contributed by atoms with E-state index in [2.05, 4.69) is 13.0 Å². The minimum Gasteiger partial charge on any atom is -0.466 e. The van der Waals surface area contributed by atoms with Crippen LogP contribution in [0.25, 0.3) is 0 Å². The van der Waals surface area contributed by atoms with Crippen LogP contribution in [0.3, 0.4) is 0 Å². The minimum absolute atomic E-state index is 0.141. The molecule has 0 fully saturated rings. The van der Waals surface area contributed by atoms with E-state index in [1.54, 1.807) is 0 Å². The van der Waals surface area contributed by atoms with Gasteiger partial charge in [-0.05, 0) is 32.1 Å². The van der Waals surface area contributed by atoms with Gasteiger partial charge in [-0.1, -0.05) is 18.6 Å². The van der Waals surface area contributed by atoms with Crippen molar-refractivity contribution in [3.63, 3.8) is 0 Å². The summed E-state index contributed by atoms with van der Waals surface area (Å²) in [7, 11) is 0.